The van der Waals surface area contributed by atoms with Crippen LogP contribution >= 0.6 is 0 Å². The predicted octanol–water partition coefficient (Wildman–Crippen LogP) is 2.53. The van der Waals surface area contributed by atoms with Crippen LogP contribution in [-0.2, 0) is 20.2 Å². The Balaban J connectivity index is 1.68. The van der Waals surface area contributed by atoms with Crippen molar-refractivity contribution in [3.8, 4) is 5.75 Å². The van der Waals surface area contributed by atoms with Gasteiger partial charge in [-0.1, -0.05) is 0 Å². The zero-order valence-electron chi connectivity index (χ0n) is 11.8. The second-order valence-electron chi connectivity index (χ2n) is 5.33. The van der Waals surface area contributed by atoms with Crippen molar-refractivity contribution in [1.29, 1.82) is 0 Å². The van der Waals surface area contributed by atoms with Crippen LogP contribution in [-0.4, -0.2) is 15.6 Å². The molecule has 1 aliphatic carbocycles. The van der Waals surface area contributed by atoms with Crippen molar-refractivity contribution in [2.45, 2.75) is 32.0 Å². The first-order valence-corrected chi connectivity index (χ1v) is 6.93. The first-order chi connectivity index (χ1) is 10.1. The van der Waals surface area contributed by atoms with Gasteiger partial charge in [0, 0.05) is 19.6 Å². The Labute approximate surface area is 121 Å². The smallest absolute Gasteiger partial charge is 0.191 e. The molecule has 1 N–H and O–H groups in total. The number of ether oxygens (including phenoxy) is 1. The van der Waals surface area contributed by atoms with Crippen LogP contribution < -0.4 is 10.1 Å². The number of hydrogen-bond donors (Lipinski definition) is 1. The van der Waals surface area contributed by atoms with Crippen LogP contribution in [0.2, 0.25) is 0 Å². The Morgan fingerprint density at radius 1 is 1.33 bits per heavy atom. The van der Waals surface area contributed by atoms with Crippen LogP contribution in [0.25, 0.3) is 0 Å². The van der Waals surface area contributed by atoms with Crippen molar-refractivity contribution in [2.24, 2.45) is 7.05 Å². The van der Waals surface area contributed by atoms with Gasteiger partial charge in [-0.25, -0.2) is 13.8 Å². The van der Waals surface area contributed by atoms with Crippen molar-refractivity contribution >= 4 is 0 Å². The minimum absolute atomic E-state index is 0.0734. The van der Waals surface area contributed by atoms with Crippen LogP contribution in [0.4, 0.5) is 8.78 Å². The fourth-order valence-electron chi connectivity index (χ4n) is 2.07. The lowest BCUT2D eigenvalue weighted by Crippen LogP contribution is -2.15. The molecule has 6 heteroatoms. The van der Waals surface area contributed by atoms with Crippen LogP contribution in [0.1, 0.15) is 24.1 Å². The number of halogens is 2. The lowest BCUT2D eigenvalue weighted by molar-refractivity contribution is 0.266. The summed E-state index contributed by atoms with van der Waals surface area (Å²) >= 11 is 0. The molecule has 0 radical (unpaired) electrons. The van der Waals surface area contributed by atoms with Crippen LogP contribution in [0.15, 0.2) is 24.7 Å². The Morgan fingerprint density at radius 2 is 2.05 bits per heavy atom. The normalized spacial score (nSPS) is 14.4. The quantitative estimate of drug-likeness (QED) is 0.889. The Bertz CT molecular complexity index is 615. The molecule has 1 aromatic carbocycles. The van der Waals surface area contributed by atoms with Gasteiger partial charge in [0.25, 0.3) is 0 Å². The van der Waals surface area contributed by atoms with E-state index in [1.807, 2.05) is 0 Å². The molecule has 0 unspecified atom stereocenters. The van der Waals surface area contributed by atoms with Gasteiger partial charge in [0.1, 0.15) is 6.61 Å². The van der Waals surface area contributed by atoms with Crippen LogP contribution in [0.5, 0.6) is 5.75 Å². The molecule has 0 amide bonds. The van der Waals surface area contributed by atoms with Gasteiger partial charge in [0.15, 0.2) is 17.4 Å². The molecular formula is C15H17F2N3O. The number of benzene rings is 1. The number of hydrogen-bond acceptors (Lipinski definition) is 3. The van der Waals surface area contributed by atoms with Crippen molar-refractivity contribution in [2.75, 3.05) is 0 Å². The number of nitrogens with zero attached hydrogens (tertiary/aromatic N) is 2. The monoisotopic (exact) mass is 293 g/mol. The summed E-state index contributed by atoms with van der Waals surface area (Å²) in [7, 11) is 1.80. The zero-order valence-corrected chi connectivity index (χ0v) is 11.8. The second-order valence-corrected chi connectivity index (χ2v) is 5.33. The van der Waals surface area contributed by atoms with E-state index < -0.39 is 11.6 Å². The standard InChI is InChI=1S/C15H17F2N3O/c1-20-9-18-7-12(20)8-21-15-13(16)4-10(5-14(15)17)6-19-11-2-3-11/h4-5,7,9,11,19H,2-3,6,8H2,1H3. The average Bonchev–Trinajstić information content (AvgIpc) is 3.18. The molecule has 1 heterocycles. The van der Waals surface area contributed by atoms with Crippen LogP contribution in [0.3, 0.4) is 0 Å². The number of aromatic nitrogens is 2. The third-order valence-electron chi connectivity index (χ3n) is 3.51. The molecule has 0 aliphatic heterocycles. The largest absolute Gasteiger partial charge is 0.481 e. The maximum Gasteiger partial charge on any atom is 0.191 e. The highest BCUT2D eigenvalue weighted by Gasteiger charge is 2.21. The highest BCUT2D eigenvalue weighted by Crippen LogP contribution is 2.25. The lowest BCUT2D eigenvalue weighted by atomic mass is 10.2. The molecule has 0 bridgehead atoms. The van der Waals surface area contributed by atoms with Crippen molar-refractivity contribution in [3.63, 3.8) is 0 Å². The highest BCUT2D eigenvalue weighted by molar-refractivity contribution is 5.31. The van der Waals surface area contributed by atoms with E-state index in [1.165, 1.54) is 12.1 Å². The molecule has 3 rings (SSSR count). The average molecular weight is 293 g/mol. The van der Waals surface area contributed by atoms with E-state index in [0.29, 0.717) is 18.2 Å². The molecule has 1 fully saturated rings. The lowest BCUT2D eigenvalue weighted by Gasteiger charge is -2.11. The number of rotatable bonds is 6. The van der Waals surface area contributed by atoms with Gasteiger partial charge in [-0.15, -0.1) is 0 Å². The van der Waals surface area contributed by atoms with E-state index in [-0.39, 0.29) is 12.4 Å². The molecule has 0 spiro atoms. The molecule has 0 atom stereocenters. The topological polar surface area (TPSA) is 39.1 Å². The van der Waals surface area contributed by atoms with Gasteiger partial charge in [0.05, 0.1) is 18.2 Å². The molecule has 2 aromatic rings. The molecule has 0 saturated heterocycles. The second kappa shape index (κ2) is 5.81. The van der Waals surface area contributed by atoms with Crippen LogP contribution in [0, 0.1) is 11.6 Å². The summed E-state index contributed by atoms with van der Waals surface area (Å²) in [5.41, 5.74) is 1.33. The van der Waals surface area contributed by atoms with E-state index in [9.17, 15) is 8.78 Å². The fraction of sp³-hybridized carbons (Fsp3) is 0.400. The number of imidazole rings is 1. The molecule has 1 saturated carbocycles. The van der Waals surface area contributed by atoms with Gasteiger partial charge in [0.2, 0.25) is 0 Å². The maximum atomic E-state index is 14.0. The van der Waals surface area contributed by atoms with E-state index in [2.05, 4.69) is 10.3 Å². The SMILES string of the molecule is Cn1cncc1COc1c(F)cc(CNC2CC2)cc1F. The summed E-state index contributed by atoms with van der Waals surface area (Å²) in [4.78, 5) is 3.93. The predicted molar refractivity (Wildman–Crippen MR) is 73.8 cm³/mol. The molecule has 1 aliphatic rings. The van der Waals surface area contributed by atoms with Crippen molar-refractivity contribution < 1.29 is 13.5 Å². The molecule has 112 valence electrons. The summed E-state index contributed by atoms with van der Waals surface area (Å²) in [6.45, 7) is 0.546. The third kappa shape index (κ3) is 3.39. The van der Waals surface area contributed by atoms with Gasteiger partial charge >= 0.3 is 0 Å². The molecule has 21 heavy (non-hydrogen) atoms. The fourth-order valence-corrected chi connectivity index (χ4v) is 2.07. The highest BCUT2D eigenvalue weighted by atomic mass is 19.1. The zero-order chi connectivity index (χ0) is 14.8. The Kier molecular flexibility index (Phi) is 3.88. The van der Waals surface area contributed by atoms with E-state index in [4.69, 9.17) is 4.74 Å². The summed E-state index contributed by atoms with van der Waals surface area (Å²) in [5.74, 6) is -1.69. The van der Waals surface area contributed by atoms with Crippen molar-refractivity contribution in [1.82, 2.24) is 14.9 Å². The Hall–Kier alpha value is -1.95. The van der Waals surface area contributed by atoms with E-state index >= 15 is 0 Å². The summed E-state index contributed by atoms with van der Waals surface area (Å²) < 4.78 is 34.9. The third-order valence-corrected chi connectivity index (χ3v) is 3.51. The molecule has 4 nitrogen and oxygen atoms in total. The number of nitrogens with one attached hydrogen (secondary N) is 1. The van der Waals surface area contributed by atoms with Gasteiger partial charge < -0.3 is 14.6 Å². The Morgan fingerprint density at radius 3 is 2.62 bits per heavy atom. The maximum absolute atomic E-state index is 14.0. The summed E-state index contributed by atoms with van der Waals surface area (Å²) in [5, 5.41) is 3.22. The first kappa shape index (κ1) is 14.0. The van der Waals surface area contributed by atoms with Gasteiger partial charge in [-0.05, 0) is 30.5 Å². The summed E-state index contributed by atoms with van der Waals surface area (Å²) in [6, 6.07) is 3.13. The minimum atomic E-state index is -0.676. The molecule has 1 aromatic heterocycles. The minimum Gasteiger partial charge on any atom is -0.481 e. The first-order valence-electron chi connectivity index (χ1n) is 6.93. The van der Waals surface area contributed by atoms with Gasteiger partial charge in [-0.3, -0.25) is 0 Å². The number of aryl methyl sites for hydroxylation is 1. The van der Waals surface area contributed by atoms with Crippen molar-refractivity contribution in [3.05, 3.63) is 47.5 Å². The van der Waals surface area contributed by atoms with E-state index in [0.717, 1.165) is 18.5 Å². The van der Waals surface area contributed by atoms with Gasteiger partial charge in [-0.2, -0.15) is 0 Å². The summed E-state index contributed by atoms with van der Waals surface area (Å²) in [6.07, 6.45) is 5.48. The van der Waals surface area contributed by atoms with E-state index in [1.54, 1.807) is 24.1 Å². The molecular weight excluding hydrogens is 276 g/mol.